The van der Waals surface area contributed by atoms with Crippen LogP contribution < -0.4 is 0 Å². The minimum atomic E-state index is -0.899. The average Bonchev–Trinajstić information content (AvgIpc) is 2.58. The van der Waals surface area contributed by atoms with E-state index in [0.717, 1.165) is 29.1 Å². The number of aromatic nitrogens is 2. The second-order valence-corrected chi connectivity index (χ2v) is 4.68. The molecule has 102 valence electrons. The summed E-state index contributed by atoms with van der Waals surface area (Å²) in [5.41, 5.74) is 2.91. The SMILES string of the molecule is Cc1nn(C)c(C)c1C(O)Cc1ccc(F)c(F)c1. The van der Waals surface area contributed by atoms with Crippen LogP contribution in [0.15, 0.2) is 18.2 Å². The number of hydrogen-bond acceptors (Lipinski definition) is 2. The molecular formula is C14H16F2N2O. The fraction of sp³-hybridized carbons (Fsp3) is 0.357. The summed E-state index contributed by atoms with van der Waals surface area (Å²) in [5.74, 6) is -1.78. The predicted molar refractivity (Wildman–Crippen MR) is 67.7 cm³/mol. The van der Waals surface area contributed by atoms with Gasteiger partial charge in [0, 0.05) is 24.7 Å². The van der Waals surface area contributed by atoms with E-state index in [1.54, 1.807) is 11.7 Å². The maximum atomic E-state index is 13.1. The van der Waals surface area contributed by atoms with E-state index in [2.05, 4.69) is 5.10 Å². The number of benzene rings is 1. The first-order valence-corrected chi connectivity index (χ1v) is 6.02. The molecule has 1 atom stereocenters. The molecule has 0 amide bonds. The van der Waals surface area contributed by atoms with Crippen molar-refractivity contribution in [1.82, 2.24) is 9.78 Å². The average molecular weight is 266 g/mol. The van der Waals surface area contributed by atoms with E-state index in [1.807, 2.05) is 13.8 Å². The van der Waals surface area contributed by atoms with Crippen LogP contribution in [0.3, 0.4) is 0 Å². The van der Waals surface area contributed by atoms with Crippen LogP contribution in [-0.2, 0) is 13.5 Å². The molecule has 0 saturated heterocycles. The van der Waals surface area contributed by atoms with Crippen molar-refractivity contribution in [2.75, 3.05) is 0 Å². The molecule has 1 heterocycles. The molecule has 19 heavy (non-hydrogen) atoms. The zero-order valence-electron chi connectivity index (χ0n) is 11.1. The molecule has 2 rings (SSSR count). The predicted octanol–water partition coefficient (Wildman–Crippen LogP) is 2.59. The highest BCUT2D eigenvalue weighted by atomic mass is 19.2. The zero-order chi connectivity index (χ0) is 14.2. The van der Waals surface area contributed by atoms with Gasteiger partial charge < -0.3 is 5.11 Å². The molecule has 0 bridgehead atoms. The lowest BCUT2D eigenvalue weighted by molar-refractivity contribution is 0.176. The first kappa shape index (κ1) is 13.7. The monoisotopic (exact) mass is 266 g/mol. The molecule has 0 saturated carbocycles. The lowest BCUT2D eigenvalue weighted by Crippen LogP contribution is -2.05. The second kappa shape index (κ2) is 5.09. The van der Waals surface area contributed by atoms with Gasteiger partial charge >= 0.3 is 0 Å². The Morgan fingerprint density at radius 3 is 2.47 bits per heavy atom. The number of rotatable bonds is 3. The van der Waals surface area contributed by atoms with Crippen molar-refractivity contribution in [1.29, 1.82) is 0 Å². The molecule has 0 spiro atoms. The van der Waals surface area contributed by atoms with E-state index in [-0.39, 0.29) is 6.42 Å². The van der Waals surface area contributed by atoms with Gasteiger partial charge in [0.25, 0.3) is 0 Å². The Morgan fingerprint density at radius 2 is 1.95 bits per heavy atom. The quantitative estimate of drug-likeness (QED) is 0.927. The Bertz CT molecular complexity index is 608. The van der Waals surface area contributed by atoms with E-state index < -0.39 is 17.7 Å². The van der Waals surface area contributed by atoms with Crippen LogP contribution in [-0.4, -0.2) is 14.9 Å². The Hall–Kier alpha value is -1.75. The van der Waals surface area contributed by atoms with E-state index in [4.69, 9.17) is 0 Å². The fourth-order valence-corrected chi connectivity index (χ4v) is 2.26. The molecule has 1 aromatic carbocycles. The van der Waals surface area contributed by atoms with Crippen molar-refractivity contribution in [2.45, 2.75) is 26.4 Å². The van der Waals surface area contributed by atoms with Crippen LogP contribution in [0.25, 0.3) is 0 Å². The van der Waals surface area contributed by atoms with Crippen molar-refractivity contribution in [3.63, 3.8) is 0 Å². The number of hydrogen-bond donors (Lipinski definition) is 1. The van der Waals surface area contributed by atoms with Gasteiger partial charge in [-0.2, -0.15) is 5.10 Å². The van der Waals surface area contributed by atoms with Crippen molar-refractivity contribution >= 4 is 0 Å². The lowest BCUT2D eigenvalue weighted by Gasteiger charge is -2.12. The fourth-order valence-electron chi connectivity index (χ4n) is 2.26. The van der Waals surface area contributed by atoms with Crippen LogP contribution in [0.1, 0.15) is 28.6 Å². The second-order valence-electron chi connectivity index (χ2n) is 4.68. The highest BCUT2D eigenvalue weighted by Gasteiger charge is 2.18. The van der Waals surface area contributed by atoms with Crippen molar-refractivity contribution in [2.24, 2.45) is 7.05 Å². The van der Waals surface area contributed by atoms with Gasteiger partial charge in [-0.1, -0.05) is 6.07 Å². The summed E-state index contributed by atoms with van der Waals surface area (Å²) in [6.07, 6.45) is -0.552. The van der Waals surface area contributed by atoms with Gasteiger partial charge in [0.15, 0.2) is 11.6 Å². The van der Waals surface area contributed by atoms with E-state index in [9.17, 15) is 13.9 Å². The highest BCUT2D eigenvalue weighted by molar-refractivity contribution is 5.29. The maximum absolute atomic E-state index is 13.1. The topological polar surface area (TPSA) is 38.0 Å². The van der Waals surface area contributed by atoms with Crippen LogP contribution in [0.2, 0.25) is 0 Å². The molecule has 0 radical (unpaired) electrons. The Labute approximate surface area is 110 Å². The van der Waals surface area contributed by atoms with E-state index in [1.165, 1.54) is 6.07 Å². The van der Waals surface area contributed by atoms with Crippen LogP contribution >= 0.6 is 0 Å². The van der Waals surface area contributed by atoms with Gasteiger partial charge in [0.1, 0.15) is 0 Å². The zero-order valence-corrected chi connectivity index (χ0v) is 11.1. The van der Waals surface area contributed by atoms with Crippen LogP contribution in [0, 0.1) is 25.5 Å². The Kier molecular flexibility index (Phi) is 3.66. The summed E-state index contributed by atoms with van der Waals surface area (Å²) in [4.78, 5) is 0. The molecule has 0 aliphatic rings. The van der Waals surface area contributed by atoms with Gasteiger partial charge in [0.2, 0.25) is 0 Å². The minimum absolute atomic E-state index is 0.227. The first-order valence-electron chi connectivity index (χ1n) is 6.02. The van der Waals surface area contributed by atoms with Crippen molar-refractivity contribution in [3.05, 3.63) is 52.3 Å². The van der Waals surface area contributed by atoms with Gasteiger partial charge in [-0.25, -0.2) is 8.78 Å². The van der Waals surface area contributed by atoms with Crippen molar-refractivity contribution < 1.29 is 13.9 Å². The molecule has 1 N–H and O–H groups in total. The molecule has 1 unspecified atom stereocenters. The summed E-state index contributed by atoms with van der Waals surface area (Å²) in [6.45, 7) is 3.68. The molecule has 2 aromatic rings. The van der Waals surface area contributed by atoms with Gasteiger partial charge in [-0.05, 0) is 31.5 Å². The summed E-state index contributed by atoms with van der Waals surface area (Å²) < 4.78 is 27.7. The number of nitrogens with zero attached hydrogens (tertiary/aromatic N) is 2. The molecular weight excluding hydrogens is 250 g/mol. The number of aliphatic hydroxyl groups excluding tert-OH is 1. The highest BCUT2D eigenvalue weighted by Crippen LogP contribution is 2.24. The third-order valence-corrected chi connectivity index (χ3v) is 3.31. The summed E-state index contributed by atoms with van der Waals surface area (Å²) in [7, 11) is 1.80. The molecule has 0 aliphatic carbocycles. The summed E-state index contributed by atoms with van der Waals surface area (Å²) in [6, 6.07) is 3.66. The number of aryl methyl sites for hydroxylation is 2. The summed E-state index contributed by atoms with van der Waals surface area (Å²) in [5, 5.41) is 14.5. The molecule has 3 nitrogen and oxygen atoms in total. The third kappa shape index (κ3) is 2.66. The molecule has 0 fully saturated rings. The van der Waals surface area contributed by atoms with E-state index >= 15 is 0 Å². The number of halogens is 2. The van der Waals surface area contributed by atoms with Gasteiger partial charge in [-0.3, -0.25) is 4.68 Å². The van der Waals surface area contributed by atoms with Gasteiger partial charge in [-0.15, -0.1) is 0 Å². The third-order valence-electron chi connectivity index (χ3n) is 3.31. The normalized spacial score (nSPS) is 12.7. The standard InChI is InChI=1S/C14H16F2N2O/c1-8-14(9(2)18(3)17-8)13(19)7-10-4-5-11(15)12(16)6-10/h4-6,13,19H,7H2,1-3H3. The Balaban J connectivity index is 2.25. The summed E-state index contributed by atoms with van der Waals surface area (Å²) >= 11 is 0. The largest absolute Gasteiger partial charge is 0.388 e. The first-order chi connectivity index (χ1) is 8.90. The maximum Gasteiger partial charge on any atom is 0.159 e. The van der Waals surface area contributed by atoms with Crippen molar-refractivity contribution in [3.8, 4) is 0 Å². The van der Waals surface area contributed by atoms with Crippen LogP contribution in [0.5, 0.6) is 0 Å². The molecule has 1 aromatic heterocycles. The lowest BCUT2D eigenvalue weighted by atomic mass is 10.00. The minimum Gasteiger partial charge on any atom is -0.388 e. The van der Waals surface area contributed by atoms with Gasteiger partial charge in [0.05, 0.1) is 11.8 Å². The smallest absolute Gasteiger partial charge is 0.159 e. The molecule has 5 heteroatoms. The van der Waals surface area contributed by atoms with Crippen LogP contribution in [0.4, 0.5) is 8.78 Å². The molecule has 0 aliphatic heterocycles. The number of aliphatic hydroxyl groups is 1. The Morgan fingerprint density at radius 1 is 1.26 bits per heavy atom. The van der Waals surface area contributed by atoms with E-state index in [0.29, 0.717) is 5.56 Å².